The summed E-state index contributed by atoms with van der Waals surface area (Å²) in [6, 6.07) is 0. The van der Waals surface area contributed by atoms with Crippen LogP contribution in [0.5, 0.6) is 0 Å². The van der Waals surface area contributed by atoms with Crippen LogP contribution >= 0.6 is 11.8 Å². The van der Waals surface area contributed by atoms with E-state index in [0.29, 0.717) is 0 Å². The Morgan fingerprint density at radius 2 is 1.44 bits per heavy atom. The molecular weight excluding hydrogens is 128 g/mol. The van der Waals surface area contributed by atoms with Gasteiger partial charge in [0.1, 0.15) is 0 Å². The van der Waals surface area contributed by atoms with E-state index in [4.69, 9.17) is 0 Å². The lowest BCUT2D eigenvalue weighted by molar-refractivity contribution is 0.498. The summed E-state index contributed by atoms with van der Waals surface area (Å²) in [5.41, 5.74) is 0. The third kappa shape index (κ3) is 2.61. The molecule has 1 aliphatic rings. The molecule has 9 heavy (non-hydrogen) atoms. The fourth-order valence-corrected chi connectivity index (χ4v) is 2.48. The lowest BCUT2D eigenvalue weighted by atomic mass is 10.0. The van der Waals surface area contributed by atoms with Gasteiger partial charge < -0.3 is 0 Å². The average Bonchev–Trinajstić information content (AvgIpc) is 1.97. The Labute approximate surface area is 62.4 Å². The summed E-state index contributed by atoms with van der Waals surface area (Å²) in [7, 11) is 0. The Kier molecular flexibility index (Phi) is 2.90. The maximum absolute atomic E-state index is 2.37. The molecule has 1 rings (SSSR count). The maximum atomic E-state index is 2.37. The third-order valence-corrected chi connectivity index (χ3v) is 3.57. The molecule has 0 radical (unpaired) electrons. The van der Waals surface area contributed by atoms with E-state index in [-0.39, 0.29) is 0 Å². The Hall–Kier alpha value is 0.350. The van der Waals surface area contributed by atoms with Crippen molar-refractivity contribution in [2.24, 2.45) is 11.8 Å². The Morgan fingerprint density at radius 3 is 1.89 bits per heavy atom. The molecule has 1 fully saturated rings. The van der Waals surface area contributed by atoms with Gasteiger partial charge in [-0.15, -0.1) is 0 Å². The van der Waals surface area contributed by atoms with Crippen molar-refractivity contribution in [2.45, 2.75) is 26.7 Å². The van der Waals surface area contributed by atoms with Gasteiger partial charge >= 0.3 is 0 Å². The first-order valence-corrected chi connectivity index (χ1v) is 5.02. The topological polar surface area (TPSA) is 0 Å². The average molecular weight is 144 g/mol. The van der Waals surface area contributed by atoms with Crippen LogP contribution in [0.4, 0.5) is 0 Å². The van der Waals surface area contributed by atoms with Crippen LogP contribution in [0.25, 0.3) is 0 Å². The summed E-state index contributed by atoms with van der Waals surface area (Å²) in [6.07, 6.45) is 2.91. The van der Waals surface area contributed by atoms with Crippen LogP contribution in [-0.2, 0) is 0 Å². The molecule has 0 N–H and O–H groups in total. The molecule has 0 aromatic carbocycles. The number of hydrogen-bond acceptors (Lipinski definition) is 1. The van der Waals surface area contributed by atoms with Crippen LogP contribution in [0.15, 0.2) is 0 Å². The summed E-state index contributed by atoms with van der Waals surface area (Å²) in [5, 5.41) is 0. The van der Waals surface area contributed by atoms with Crippen LogP contribution in [0, 0.1) is 11.8 Å². The van der Waals surface area contributed by atoms with E-state index in [2.05, 4.69) is 25.6 Å². The quantitative estimate of drug-likeness (QED) is 0.504. The molecule has 0 saturated carbocycles. The Morgan fingerprint density at radius 1 is 1.00 bits per heavy atom. The van der Waals surface area contributed by atoms with E-state index in [1.807, 2.05) is 0 Å². The summed E-state index contributed by atoms with van der Waals surface area (Å²) >= 11 is 2.13. The monoisotopic (exact) mass is 144 g/mol. The molecule has 2 unspecified atom stereocenters. The molecule has 1 heterocycles. The van der Waals surface area contributed by atoms with Gasteiger partial charge in [-0.2, -0.15) is 11.8 Å². The van der Waals surface area contributed by atoms with E-state index in [1.165, 1.54) is 24.3 Å². The summed E-state index contributed by atoms with van der Waals surface area (Å²) in [4.78, 5) is 0. The molecule has 1 saturated heterocycles. The number of thioether (sulfide) groups is 1. The molecule has 0 aliphatic carbocycles. The fraction of sp³-hybridized carbons (Fsp3) is 1.00. The summed E-state index contributed by atoms with van der Waals surface area (Å²) in [6.45, 7) is 4.73. The van der Waals surface area contributed by atoms with Crippen LogP contribution in [0.2, 0.25) is 0 Å². The van der Waals surface area contributed by atoms with Crippen molar-refractivity contribution >= 4 is 11.8 Å². The fourth-order valence-electron chi connectivity index (χ4n) is 1.21. The zero-order chi connectivity index (χ0) is 6.69. The molecule has 0 spiro atoms. The van der Waals surface area contributed by atoms with E-state index in [1.54, 1.807) is 0 Å². The standard InChI is InChI=1S/C8H16S/c1-7-3-4-8(2)6-9-5-7/h7-8H,3-6H2,1-2H3. The first kappa shape index (κ1) is 7.46. The van der Waals surface area contributed by atoms with Gasteiger partial charge in [0.05, 0.1) is 0 Å². The predicted octanol–water partition coefficient (Wildman–Crippen LogP) is 2.79. The number of rotatable bonds is 0. The highest BCUT2D eigenvalue weighted by atomic mass is 32.2. The smallest absolute Gasteiger partial charge is 0.00417 e. The molecule has 1 aliphatic heterocycles. The highest BCUT2D eigenvalue weighted by Crippen LogP contribution is 2.24. The predicted molar refractivity (Wildman–Crippen MR) is 44.9 cm³/mol. The molecule has 0 aromatic rings. The second-order valence-corrected chi connectivity index (χ2v) is 4.40. The van der Waals surface area contributed by atoms with Gasteiger partial charge in [0.25, 0.3) is 0 Å². The van der Waals surface area contributed by atoms with E-state index in [9.17, 15) is 0 Å². The van der Waals surface area contributed by atoms with Crippen LogP contribution < -0.4 is 0 Å². The van der Waals surface area contributed by atoms with Crippen LogP contribution in [0.3, 0.4) is 0 Å². The van der Waals surface area contributed by atoms with Gasteiger partial charge in [-0.3, -0.25) is 0 Å². The normalized spacial score (nSPS) is 38.0. The Bertz CT molecular complexity index is 70.6. The highest BCUT2D eigenvalue weighted by Gasteiger charge is 2.11. The van der Waals surface area contributed by atoms with E-state index in [0.717, 1.165) is 11.8 Å². The van der Waals surface area contributed by atoms with Crippen LogP contribution in [0.1, 0.15) is 26.7 Å². The molecule has 0 amide bonds. The van der Waals surface area contributed by atoms with E-state index < -0.39 is 0 Å². The van der Waals surface area contributed by atoms with Crippen molar-refractivity contribution in [3.8, 4) is 0 Å². The Balaban J connectivity index is 2.25. The van der Waals surface area contributed by atoms with Gasteiger partial charge in [-0.25, -0.2) is 0 Å². The first-order chi connectivity index (χ1) is 4.29. The maximum Gasteiger partial charge on any atom is -0.00417 e. The highest BCUT2D eigenvalue weighted by molar-refractivity contribution is 7.99. The first-order valence-electron chi connectivity index (χ1n) is 3.87. The van der Waals surface area contributed by atoms with Gasteiger partial charge in [-0.1, -0.05) is 13.8 Å². The van der Waals surface area contributed by atoms with Crippen molar-refractivity contribution < 1.29 is 0 Å². The number of hydrogen-bond donors (Lipinski definition) is 0. The zero-order valence-corrected chi connectivity index (χ0v) is 7.21. The minimum atomic E-state index is 0.972. The molecule has 0 nitrogen and oxygen atoms in total. The minimum Gasteiger partial charge on any atom is -0.161 e. The van der Waals surface area contributed by atoms with Crippen molar-refractivity contribution in [3.63, 3.8) is 0 Å². The van der Waals surface area contributed by atoms with Crippen molar-refractivity contribution in [1.29, 1.82) is 0 Å². The lowest BCUT2D eigenvalue weighted by Gasteiger charge is -2.04. The van der Waals surface area contributed by atoms with E-state index >= 15 is 0 Å². The molecule has 54 valence electrons. The lowest BCUT2D eigenvalue weighted by Crippen LogP contribution is -1.95. The third-order valence-electron chi connectivity index (χ3n) is 1.96. The largest absolute Gasteiger partial charge is 0.161 e. The van der Waals surface area contributed by atoms with Gasteiger partial charge in [0.2, 0.25) is 0 Å². The van der Waals surface area contributed by atoms with Crippen LogP contribution in [-0.4, -0.2) is 11.5 Å². The molecule has 0 bridgehead atoms. The summed E-state index contributed by atoms with van der Waals surface area (Å²) in [5.74, 6) is 4.73. The second-order valence-electron chi connectivity index (χ2n) is 3.33. The molecule has 0 aromatic heterocycles. The molecular formula is C8H16S. The summed E-state index contributed by atoms with van der Waals surface area (Å²) < 4.78 is 0. The van der Waals surface area contributed by atoms with Gasteiger partial charge in [0.15, 0.2) is 0 Å². The van der Waals surface area contributed by atoms with Crippen molar-refractivity contribution in [3.05, 3.63) is 0 Å². The minimum absolute atomic E-state index is 0.972. The van der Waals surface area contributed by atoms with Gasteiger partial charge in [0, 0.05) is 0 Å². The van der Waals surface area contributed by atoms with Crippen molar-refractivity contribution in [1.82, 2.24) is 0 Å². The second kappa shape index (κ2) is 3.50. The van der Waals surface area contributed by atoms with Crippen molar-refractivity contribution in [2.75, 3.05) is 11.5 Å². The SMILES string of the molecule is CC1CCC(C)CSC1. The molecule has 2 atom stereocenters. The zero-order valence-electron chi connectivity index (χ0n) is 6.39. The van der Waals surface area contributed by atoms with Gasteiger partial charge in [-0.05, 0) is 36.2 Å². The molecule has 1 heteroatoms.